The molecule has 140 valence electrons. The average molecular weight is 392 g/mol. The Hall–Kier alpha value is -2.81. The summed E-state index contributed by atoms with van der Waals surface area (Å²) in [6, 6.07) is 8.63. The van der Waals surface area contributed by atoms with Crippen LogP contribution in [-0.4, -0.2) is 25.9 Å². The normalized spacial score (nSPS) is 12.0. The fourth-order valence-electron chi connectivity index (χ4n) is 2.31. The van der Waals surface area contributed by atoms with Gasteiger partial charge in [0.05, 0.1) is 10.9 Å². The van der Waals surface area contributed by atoms with Gasteiger partial charge in [-0.1, -0.05) is 11.8 Å². The molecule has 5 nitrogen and oxygen atoms in total. The van der Waals surface area contributed by atoms with Crippen molar-refractivity contribution >= 4 is 23.4 Å². The predicted octanol–water partition coefficient (Wildman–Crippen LogP) is 4.02. The molecule has 0 aliphatic heterocycles. The Morgan fingerprint density at radius 2 is 1.74 bits per heavy atom. The van der Waals surface area contributed by atoms with Gasteiger partial charge in [-0.25, -0.2) is 13.2 Å². The zero-order chi connectivity index (χ0) is 19.6. The number of carbonyl (C=O) groups excluding carboxylic acids is 1. The van der Waals surface area contributed by atoms with Crippen LogP contribution < -0.4 is 5.32 Å². The van der Waals surface area contributed by atoms with Gasteiger partial charge in [0.25, 0.3) is 0 Å². The van der Waals surface area contributed by atoms with E-state index in [9.17, 15) is 18.0 Å². The number of nitrogens with zero attached hydrogens (tertiary/aromatic N) is 3. The Balaban J connectivity index is 1.72. The van der Waals surface area contributed by atoms with Crippen LogP contribution in [0.15, 0.2) is 47.6 Å². The van der Waals surface area contributed by atoms with E-state index >= 15 is 0 Å². The molecule has 0 radical (unpaired) electrons. The number of carbonyl (C=O) groups is 1. The number of aromatic nitrogens is 3. The Bertz CT molecular complexity index is 975. The number of thioether (sulfide) groups is 1. The fraction of sp³-hybridized carbons (Fsp3) is 0.167. The van der Waals surface area contributed by atoms with Crippen LogP contribution in [0.4, 0.5) is 18.9 Å². The van der Waals surface area contributed by atoms with Crippen LogP contribution in [0.25, 0.3) is 11.4 Å². The van der Waals surface area contributed by atoms with Crippen molar-refractivity contribution in [3.63, 3.8) is 0 Å². The molecule has 0 aliphatic rings. The highest BCUT2D eigenvalue weighted by atomic mass is 32.2. The molecule has 1 amide bonds. The van der Waals surface area contributed by atoms with Crippen LogP contribution in [-0.2, 0) is 11.8 Å². The summed E-state index contributed by atoms with van der Waals surface area (Å²) in [6.45, 7) is 1.61. The van der Waals surface area contributed by atoms with Gasteiger partial charge in [-0.05, 0) is 43.3 Å². The molecule has 3 aromatic rings. The van der Waals surface area contributed by atoms with Crippen LogP contribution in [0.3, 0.4) is 0 Å². The number of halogens is 3. The molecular weight excluding hydrogens is 377 g/mol. The summed E-state index contributed by atoms with van der Waals surface area (Å²) in [4.78, 5) is 12.3. The Labute approximate surface area is 157 Å². The van der Waals surface area contributed by atoms with E-state index < -0.39 is 22.8 Å². The standard InChI is InChI=1S/C18H15F3N4OS/c1-10(17(26)22-15-9-13(20)7-8-14(15)21)27-18-24-23-16(25(18)2)11-3-5-12(19)6-4-11/h3-10H,1-2H3,(H,22,26)/t10-/m1/s1. The van der Waals surface area contributed by atoms with Gasteiger partial charge < -0.3 is 9.88 Å². The molecule has 0 bridgehead atoms. The molecule has 2 aromatic carbocycles. The topological polar surface area (TPSA) is 59.8 Å². The van der Waals surface area contributed by atoms with Gasteiger partial charge in [0.1, 0.15) is 17.5 Å². The number of hydrogen-bond donors (Lipinski definition) is 1. The summed E-state index contributed by atoms with van der Waals surface area (Å²) in [7, 11) is 1.72. The molecule has 1 heterocycles. The minimum Gasteiger partial charge on any atom is -0.323 e. The lowest BCUT2D eigenvalue weighted by Crippen LogP contribution is -2.23. The zero-order valence-corrected chi connectivity index (χ0v) is 15.2. The lowest BCUT2D eigenvalue weighted by Gasteiger charge is -2.12. The summed E-state index contributed by atoms with van der Waals surface area (Å²) in [5, 5.41) is 10.3. The highest BCUT2D eigenvalue weighted by molar-refractivity contribution is 8.00. The molecule has 1 atom stereocenters. The molecule has 9 heteroatoms. The Morgan fingerprint density at radius 1 is 1.07 bits per heavy atom. The van der Waals surface area contributed by atoms with Crippen molar-refractivity contribution in [3.05, 3.63) is 59.9 Å². The molecule has 0 saturated carbocycles. The molecule has 1 N–H and O–H groups in total. The molecule has 1 aromatic heterocycles. The Kier molecular flexibility index (Phi) is 5.50. The first-order valence-corrected chi connectivity index (χ1v) is 8.81. The van der Waals surface area contributed by atoms with E-state index in [4.69, 9.17) is 0 Å². The quantitative estimate of drug-likeness (QED) is 0.667. The number of benzene rings is 2. The van der Waals surface area contributed by atoms with Crippen molar-refractivity contribution in [2.24, 2.45) is 7.05 Å². The summed E-state index contributed by atoms with van der Waals surface area (Å²) in [5.41, 5.74) is 0.453. The van der Waals surface area contributed by atoms with E-state index in [-0.39, 0.29) is 11.5 Å². The van der Waals surface area contributed by atoms with Crippen LogP contribution >= 0.6 is 11.8 Å². The number of hydrogen-bond acceptors (Lipinski definition) is 4. The fourth-order valence-corrected chi connectivity index (χ4v) is 3.12. The third-order valence-electron chi connectivity index (χ3n) is 3.78. The average Bonchev–Trinajstić information content (AvgIpc) is 2.99. The first-order valence-electron chi connectivity index (χ1n) is 7.93. The third-order valence-corrected chi connectivity index (χ3v) is 4.91. The molecule has 0 spiro atoms. The number of nitrogens with one attached hydrogen (secondary N) is 1. The largest absolute Gasteiger partial charge is 0.323 e. The van der Waals surface area contributed by atoms with Crippen molar-refractivity contribution in [1.29, 1.82) is 0 Å². The van der Waals surface area contributed by atoms with Crippen molar-refractivity contribution in [1.82, 2.24) is 14.8 Å². The lowest BCUT2D eigenvalue weighted by molar-refractivity contribution is -0.115. The molecule has 0 aliphatic carbocycles. The van der Waals surface area contributed by atoms with Crippen LogP contribution in [0.2, 0.25) is 0 Å². The smallest absolute Gasteiger partial charge is 0.237 e. The second-order valence-corrected chi connectivity index (χ2v) is 7.05. The van der Waals surface area contributed by atoms with E-state index in [2.05, 4.69) is 15.5 Å². The van der Waals surface area contributed by atoms with Gasteiger partial charge in [-0.15, -0.1) is 10.2 Å². The number of anilines is 1. The van der Waals surface area contributed by atoms with E-state index in [0.717, 1.165) is 30.0 Å². The lowest BCUT2D eigenvalue weighted by atomic mass is 10.2. The van der Waals surface area contributed by atoms with Gasteiger partial charge in [0.2, 0.25) is 5.91 Å². The maximum Gasteiger partial charge on any atom is 0.237 e. The maximum atomic E-state index is 13.7. The summed E-state index contributed by atoms with van der Waals surface area (Å²) in [6.07, 6.45) is 0. The number of amides is 1. The monoisotopic (exact) mass is 392 g/mol. The van der Waals surface area contributed by atoms with Crippen LogP contribution in [0.5, 0.6) is 0 Å². The molecule has 3 rings (SSSR count). The van der Waals surface area contributed by atoms with Crippen molar-refractivity contribution in [3.8, 4) is 11.4 Å². The highest BCUT2D eigenvalue weighted by Crippen LogP contribution is 2.27. The van der Waals surface area contributed by atoms with Crippen LogP contribution in [0.1, 0.15) is 6.92 Å². The van der Waals surface area contributed by atoms with E-state index in [1.165, 1.54) is 12.1 Å². The maximum absolute atomic E-state index is 13.7. The molecule has 0 unspecified atom stereocenters. The van der Waals surface area contributed by atoms with E-state index in [1.807, 2.05) is 0 Å². The van der Waals surface area contributed by atoms with Crippen molar-refractivity contribution in [2.75, 3.05) is 5.32 Å². The Morgan fingerprint density at radius 3 is 2.44 bits per heavy atom. The third kappa shape index (κ3) is 4.30. The molecule has 0 fully saturated rings. The van der Waals surface area contributed by atoms with Crippen LogP contribution in [0, 0.1) is 17.5 Å². The minimum absolute atomic E-state index is 0.225. The second-order valence-electron chi connectivity index (χ2n) is 5.75. The van der Waals surface area contributed by atoms with Crippen molar-refractivity contribution < 1.29 is 18.0 Å². The van der Waals surface area contributed by atoms with Gasteiger partial charge in [0, 0.05) is 18.7 Å². The van der Waals surface area contributed by atoms with Gasteiger partial charge in [0.15, 0.2) is 11.0 Å². The van der Waals surface area contributed by atoms with Gasteiger partial charge in [-0.3, -0.25) is 4.79 Å². The van der Waals surface area contributed by atoms with Gasteiger partial charge >= 0.3 is 0 Å². The first-order chi connectivity index (χ1) is 12.8. The minimum atomic E-state index is -0.723. The zero-order valence-electron chi connectivity index (χ0n) is 14.4. The summed E-state index contributed by atoms with van der Waals surface area (Å²) < 4.78 is 41.6. The van der Waals surface area contributed by atoms with Crippen molar-refractivity contribution in [2.45, 2.75) is 17.3 Å². The molecule has 27 heavy (non-hydrogen) atoms. The molecule has 0 saturated heterocycles. The highest BCUT2D eigenvalue weighted by Gasteiger charge is 2.20. The second kappa shape index (κ2) is 7.83. The van der Waals surface area contributed by atoms with Gasteiger partial charge in [-0.2, -0.15) is 0 Å². The molecular formula is C18H15F3N4OS. The first kappa shape index (κ1) is 19.0. The summed E-state index contributed by atoms with van der Waals surface area (Å²) >= 11 is 1.11. The summed E-state index contributed by atoms with van der Waals surface area (Å²) in [5.74, 6) is -1.72. The predicted molar refractivity (Wildman–Crippen MR) is 96.7 cm³/mol. The van der Waals surface area contributed by atoms with E-state index in [1.54, 1.807) is 30.7 Å². The number of rotatable bonds is 5. The SMILES string of the molecule is C[C@@H](Sc1nnc(-c2ccc(F)cc2)n1C)C(=O)Nc1cc(F)ccc1F. The van der Waals surface area contributed by atoms with E-state index in [0.29, 0.717) is 16.5 Å².